The number of anilines is 2. The second kappa shape index (κ2) is 10.4. The average Bonchev–Trinajstić information content (AvgIpc) is 3.55. The van der Waals surface area contributed by atoms with Gasteiger partial charge in [0.05, 0.1) is 43.1 Å². The van der Waals surface area contributed by atoms with Crippen molar-refractivity contribution in [3.05, 3.63) is 46.4 Å². The van der Waals surface area contributed by atoms with E-state index in [4.69, 9.17) is 21.4 Å². The Morgan fingerprint density at radius 1 is 1.10 bits per heavy atom. The Labute approximate surface area is 239 Å². The van der Waals surface area contributed by atoms with Gasteiger partial charge in [-0.1, -0.05) is 11.6 Å². The van der Waals surface area contributed by atoms with Gasteiger partial charge in [0.15, 0.2) is 5.82 Å². The summed E-state index contributed by atoms with van der Waals surface area (Å²) in [6, 6.07) is 5.23. The van der Waals surface area contributed by atoms with Crippen LogP contribution in [0.2, 0.25) is 5.02 Å². The van der Waals surface area contributed by atoms with Crippen molar-refractivity contribution >= 4 is 29.1 Å². The Balaban J connectivity index is 1.25. The molecule has 1 aromatic carbocycles. The molecule has 2 saturated heterocycles. The highest BCUT2D eigenvalue weighted by Gasteiger charge is 2.36. The van der Waals surface area contributed by atoms with E-state index in [9.17, 15) is 4.79 Å². The van der Waals surface area contributed by atoms with Gasteiger partial charge in [-0.05, 0) is 43.4 Å². The van der Waals surface area contributed by atoms with Crippen molar-refractivity contribution in [1.82, 2.24) is 34.7 Å². The number of nitrogens with one attached hydrogen (secondary N) is 1. The number of ether oxygens (including phenoxy) is 1. The van der Waals surface area contributed by atoms with Gasteiger partial charge < -0.3 is 19.9 Å². The molecule has 212 valence electrons. The number of amides is 2. The number of carbonyl (C=O) groups excluding carboxylic acids is 1. The first-order valence-corrected chi connectivity index (χ1v) is 14.9. The van der Waals surface area contributed by atoms with E-state index in [1.807, 2.05) is 24.3 Å². The number of fused-ring (bicyclic) bond motifs is 2. The summed E-state index contributed by atoms with van der Waals surface area (Å²) in [7, 11) is 3.62. The van der Waals surface area contributed by atoms with Crippen molar-refractivity contribution in [2.75, 3.05) is 51.3 Å². The van der Waals surface area contributed by atoms with Gasteiger partial charge in [-0.25, -0.2) is 4.79 Å². The number of hydrogen-bond acceptors (Lipinski definition) is 6. The van der Waals surface area contributed by atoms with Gasteiger partial charge in [0, 0.05) is 81.0 Å². The number of nitrogens with zero attached hydrogens (tertiary/aromatic N) is 7. The number of aromatic nitrogens is 4. The topological polar surface area (TPSA) is 83.7 Å². The monoisotopic (exact) mass is 564 g/mol. The highest BCUT2D eigenvalue weighted by Crippen LogP contribution is 2.43. The molecule has 1 N–H and O–H groups in total. The van der Waals surface area contributed by atoms with Crippen LogP contribution < -0.4 is 10.2 Å². The molecule has 11 heteroatoms. The summed E-state index contributed by atoms with van der Waals surface area (Å²) in [6.45, 7) is 6.02. The zero-order chi connectivity index (χ0) is 27.4. The standard InChI is InChI=1S/C29H37ClN8O2/c1-31-29(39)36-11-7-26-24(16-36)28(33-38(26)21-5-9-35(10-6-21)22-17-40-18-22)37-8-3-4-19-12-23(25(30)13-27(19)37)20-14-32-34(2)15-20/h12-15,21-22H,3-11,16-18H2,1-2H3,(H,31,39). The fraction of sp³-hybridized carbons (Fsp3) is 0.552. The first-order valence-electron chi connectivity index (χ1n) is 14.5. The van der Waals surface area contributed by atoms with Crippen LogP contribution in [0.1, 0.15) is 42.1 Å². The molecule has 0 spiro atoms. The molecule has 2 fully saturated rings. The van der Waals surface area contributed by atoms with Crippen LogP contribution in [0.25, 0.3) is 11.1 Å². The Hall–Kier alpha value is -3.08. The summed E-state index contributed by atoms with van der Waals surface area (Å²) in [4.78, 5) is 19.5. The fourth-order valence-electron chi connectivity index (χ4n) is 6.82. The quantitative estimate of drug-likeness (QED) is 0.520. The third-order valence-corrected chi connectivity index (χ3v) is 9.42. The summed E-state index contributed by atoms with van der Waals surface area (Å²) in [6.07, 6.45) is 8.87. The molecule has 2 amide bonds. The van der Waals surface area contributed by atoms with Crippen molar-refractivity contribution in [2.24, 2.45) is 7.05 Å². The van der Waals surface area contributed by atoms with Gasteiger partial charge in [-0.15, -0.1) is 0 Å². The van der Waals surface area contributed by atoms with E-state index in [0.29, 0.717) is 30.2 Å². The molecule has 4 aliphatic heterocycles. The number of rotatable bonds is 4. The lowest BCUT2D eigenvalue weighted by Gasteiger charge is -2.41. The molecule has 7 rings (SSSR count). The number of halogens is 1. The minimum atomic E-state index is -0.0384. The number of urea groups is 1. The summed E-state index contributed by atoms with van der Waals surface area (Å²) < 4.78 is 9.56. The highest BCUT2D eigenvalue weighted by atomic mass is 35.5. The summed E-state index contributed by atoms with van der Waals surface area (Å²) in [5.41, 5.74) is 6.88. The molecule has 0 aliphatic carbocycles. The summed E-state index contributed by atoms with van der Waals surface area (Å²) in [5, 5.41) is 13.2. The average molecular weight is 565 g/mol. The lowest BCUT2D eigenvalue weighted by atomic mass is 9.96. The van der Waals surface area contributed by atoms with E-state index < -0.39 is 0 Å². The minimum Gasteiger partial charge on any atom is -0.378 e. The minimum absolute atomic E-state index is 0.0384. The van der Waals surface area contributed by atoms with Gasteiger partial charge >= 0.3 is 6.03 Å². The zero-order valence-electron chi connectivity index (χ0n) is 23.3. The van der Waals surface area contributed by atoms with Crippen molar-refractivity contribution < 1.29 is 9.53 Å². The van der Waals surface area contributed by atoms with Crippen LogP contribution in [-0.4, -0.2) is 87.9 Å². The van der Waals surface area contributed by atoms with Gasteiger partial charge in [0.1, 0.15) is 0 Å². The fourth-order valence-corrected chi connectivity index (χ4v) is 7.08. The molecule has 4 aliphatic rings. The van der Waals surface area contributed by atoms with E-state index in [1.165, 1.54) is 16.8 Å². The van der Waals surface area contributed by atoms with Crippen molar-refractivity contribution in [2.45, 2.75) is 50.7 Å². The van der Waals surface area contributed by atoms with E-state index in [0.717, 1.165) is 87.6 Å². The van der Waals surface area contributed by atoms with Crippen LogP contribution in [0.5, 0.6) is 0 Å². The first-order chi connectivity index (χ1) is 19.5. The largest absolute Gasteiger partial charge is 0.378 e. The number of piperidine rings is 1. The van der Waals surface area contributed by atoms with Crippen molar-refractivity contribution in [1.29, 1.82) is 0 Å². The third-order valence-electron chi connectivity index (χ3n) is 9.11. The first kappa shape index (κ1) is 25.9. The van der Waals surface area contributed by atoms with E-state index >= 15 is 0 Å². The van der Waals surface area contributed by atoms with Crippen LogP contribution in [0, 0.1) is 0 Å². The van der Waals surface area contributed by atoms with Gasteiger partial charge in [0.2, 0.25) is 0 Å². The SMILES string of the molecule is CNC(=O)N1CCc2c(c(N3CCCc4cc(-c5cnn(C)c5)c(Cl)cc43)nn2C2CCN(C3COC3)CC2)C1. The van der Waals surface area contributed by atoms with Crippen LogP contribution in [0.4, 0.5) is 16.3 Å². The predicted octanol–water partition coefficient (Wildman–Crippen LogP) is 3.75. The van der Waals surface area contributed by atoms with Crippen molar-refractivity contribution in [3.8, 4) is 11.1 Å². The Morgan fingerprint density at radius 3 is 2.62 bits per heavy atom. The van der Waals surface area contributed by atoms with Crippen LogP contribution in [0.3, 0.4) is 0 Å². The molecule has 0 saturated carbocycles. The summed E-state index contributed by atoms with van der Waals surface area (Å²) >= 11 is 6.90. The maximum Gasteiger partial charge on any atom is 0.317 e. The number of benzene rings is 1. The Bertz CT molecular complexity index is 1420. The Kier molecular flexibility index (Phi) is 6.72. The van der Waals surface area contributed by atoms with Crippen LogP contribution in [-0.2, 0) is 31.2 Å². The predicted molar refractivity (Wildman–Crippen MR) is 154 cm³/mol. The van der Waals surface area contributed by atoms with Gasteiger partial charge in [-0.2, -0.15) is 10.2 Å². The molecule has 3 aromatic rings. The third kappa shape index (κ3) is 4.46. The molecule has 0 atom stereocenters. The molecular weight excluding hydrogens is 528 g/mol. The number of carbonyl (C=O) groups is 1. The molecule has 6 heterocycles. The second-order valence-corrected chi connectivity index (χ2v) is 11.9. The van der Waals surface area contributed by atoms with E-state index in [-0.39, 0.29) is 6.03 Å². The molecule has 0 bridgehead atoms. The van der Waals surface area contributed by atoms with Crippen molar-refractivity contribution in [3.63, 3.8) is 0 Å². The normalized spacial score (nSPS) is 20.3. The zero-order valence-corrected chi connectivity index (χ0v) is 24.0. The molecule has 0 unspecified atom stereocenters. The van der Waals surface area contributed by atoms with E-state index in [2.05, 4.69) is 37.0 Å². The second-order valence-electron chi connectivity index (χ2n) is 11.5. The van der Waals surface area contributed by atoms with E-state index in [1.54, 1.807) is 11.7 Å². The molecule has 2 aromatic heterocycles. The lowest BCUT2D eigenvalue weighted by molar-refractivity contribution is -0.0735. The molecule has 40 heavy (non-hydrogen) atoms. The molecular formula is C29H37ClN8O2. The summed E-state index contributed by atoms with van der Waals surface area (Å²) in [5.74, 6) is 0.976. The number of likely N-dealkylation sites (tertiary alicyclic amines) is 1. The van der Waals surface area contributed by atoms with Crippen LogP contribution in [0.15, 0.2) is 24.5 Å². The maximum atomic E-state index is 12.7. The lowest BCUT2D eigenvalue weighted by Crippen LogP contribution is -2.52. The number of hydrogen-bond donors (Lipinski definition) is 1. The van der Waals surface area contributed by atoms with Crippen LogP contribution >= 0.6 is 11.6 Å². The van der Waals surface area contributed by atoms with Gasteiger partial charge in [0.25, 0.3) is 0 Å². The smallest absolute Gasteiger partial charge is 0.317 e. The maximum absolute atomic E-state index is 12.7. The highest BCUT2D eigenvalue weighted by molar-refractivity contribution is 6.33. The molecule has 0 radical (unpaired) electrons. The Morgan fingerprint density at radius 2 is 1.93 bits per heavy atom. The molecule has 10 nitrogen and oxygen atoms in total. The van der Waals surface area contributed by atoms with Gasteiger partial charge in [-0.3, -0.25) is 14.3 Å². The number of aryl methyl sites for hydroxylation is 2.